The van der Waals surface area contributed by atoms with Crippen molar-refractivity contribution in [1.29, 1.82) is 0 Å². The zero-order chi connectivity index (χ0) is 34.6. The van der Waals surface area contributed by atoms with Gasteiger partial charge in [-0.3, -0.25) is 0 Å². The molecule has 3 nitrogen and oxygen atoms in total. The molecule has 0 saturated heterocycles. The first-order valence-electron chi connectivity index (χ1n) is 18.8. The van der Waals surface area contributed by atoms with Gasteiger partial charge in [-0.2, -0.15) is 0 Å². The van der Waals surface area contributed by atoms with Gasteiger partial charge in [-0.25, -0.2) is 0 Å². The maximum atomic E-state index is 6.79. The Kier molecular flexibility index (Phi) is 6.26. The summed E-state index contributed by atoms with van der Waals surface area (Å²) in [4.78, 5) is 5.08. The third-order valence-corrected chi connectivity index (χ3v) is 13.0. The number of nitrogens with zero attached hydrogens (tertiary/aromatic N) is 2. The van der Waals surface area contributed by atoms with Crippen molar-refractivity contribution in [3.8, 4) is 11.1 Å². The number of fused-ring (bicyclic) bond motifs is 10. The van der Waals surface area contributed by atoms with Gasteiger partial charge in [-0.1, -0.05) is 103 Å². The van der Waals surface area contributed by atoms with Crippen LogP contribution in [0.25, 0.3) is 43.2 Å². The Bertz CT molecular complexity index is 2940. The number of benzene rings is 7. The Morgan fingerprint density at radius 2 is 1.28 bits per heavy atom. The maximum absolute atomic E-state index is 6.79. The second-order valence-electron chi connectivity index (χ2n) is 14.6. The van der Waals surface area contributed by atoms with Crippen molar-refractivity contribution >= 4 is 99.9 Å². The van der Waals surface area contributed by atoms with Crippen LogP contribution in [0, 0.1) is 0 Å². The van der Waals surface area contributed by atoms with E-state index < -0.39 is 0 Å². The SMILES string of the molecule is c1ccc(N2c3cc(-c4cccc5c4CCCC5)cc4c3B(c3ccccc3N4c3cccc4c3oc3ccccc34)c3sc4ccccc4c32)cc1. The van der Waals surface area contributed by atoms with Gasteiger partial charge in [-0.15, -0.1) is 11.3 Å². The Balaban J connectivity index is 1.24. The van der Waals surface area contributed by atoms with Crippen molar-refractivity contribution in [2.45, 2.75) is 25.7 Å². The van der Waals surface area contributed by atoms with Crippen molar-refractivity contribution in [1.82, 2.24) is 0 Å². The Morgan fingerprint density at radius 1 is 0.566 bits per heavy atom. The Morgan fingerprint density at radius 3 is 2.21 bits per heavy atom. The largest absolute Gasteiger partial charge is 0.454 e. The highest BCUT2D eigenvalue weighted by molar-refractivity contribution is 7.33. The summed E-state index contributed by atoms with van der Waals surface area (Å²) in [6.07, 6.45) is 4.76. The van der Waals surface area contributed by atoms with Gasteiger partial charge < -0.3 is 14.2 Å². The highest BCUT2D eigenvalue weighted by Gasteiger charge is 2.45. The topological polar surface area (TPSA) is 19.6 Å². The Hall–Kier alpha value is -6.04. The lowest BCUT2D eigenvalue weighted by Crippen LogP contribution is -2.60. The van der Waals surface area contributed by atoms with Crippen molar-refractivity contribution < 1.29 is 4.42 Å². The number of para-hydroxylation sites is 4. The molecule has 0 unspecified atom stereocenters. The van der Waals surface area contributed by atoms with E-state index in [1.807, 2.05) is 11.3 Å². The fraction of sp³-hybridized carbons (Fsp3) is 0.0833. The minimum absolute atomic E-state index is 0.0772. The van der Waals surface area contributed by atoms with E-state index in [0.717, 1.165) is 40.5 Å². The molecule has 0 saturated carbocycles. The number of anilines is 6. The highest BCUT2D eigenvalue weighted by atomic mass is 32.1. The minimum Gasteiger partial charge on any atom is -0.454 e. The number of rotatable bonds is 3. The third kappa shape index (κ3) is 4.17. The molecule has 2 aromatic heterocycles. The van der Waals surface area contributed by atoms with Crippen LogP contribution >= 0.6 is 11.3 Å². The van der Waals surface area contributed by atoms with E-state index in [2.05, 4.69) is 161 Å². The lowest BCUT2D eigenvalue weighted by molar-refractivity contribution is 0.669. The smallest absolute Gasteiger partial charge is 0.264 e. The average Bonchev–Trinajstić information content (AvgIpc) is 3.80. The van der Waals surface area contributed by atoms with Gasteiger partial charge in [0.25, 0.3) is 6.71 Å². The summed E-state index contributed by atoms with van der Waals surface area (Å²) in [6.45, 7) is 0.0772. The van der Waals surface area contributed by atoms with Gasteiger partial charge in [0.05, 0.1) is 11.4 Å². The van der Waals surface area contributed by atoms with E-state index in [-0.39, 0.29) is 6.71 Å². The molecule has 0 N–H and O–H groups in total. The van der Waals surface area contributed by atoms with Gasteiger partial charge in [0, 0.05) is 48.4 Å². The molecule has 4 heterocycles. The molecule has 53 heavy (non-hydrogen) atoms. The second-order valence-corrected chi connectivity index (χ2v) is 15.7. The van der Waals surface area contributed by atoms with Crippen LogP contribution in [0.15, 0.2) is 156 Å². The van der Waals surface area contributed by atoms with Gasteiger partial charge in [0.2, 0.25) is 0 Å². The van der Waals surface area contributed by atoms with Crippen molar-refractivity contribution in [3.63, 3.8) is 0 Å². The predicted molar refractivity (Wildman–Crippen MR) is 225 cm³/mol. The molecule has 1 aliphatic carbocycles. The molecule has 250 valence electrons. The standard InChI is InChI=1S/C48H33BN2OS/c1-2-16-32(17-3-1)50-41-28-31(34-21-12-15-30-14-4-5-18-33(30)34)29-42-45(41)49(48-46(50)37-20-7-11-27-44(37)53-48)38-23-8-9-24-39(38)51(42)40-25-13-22-36-35-19-6-10-26-43(35)52-47(36)40/h1-3,6-13,15-17,19-29H,4-5,14,18H2. The van der Waals surface area contributed by atoms with E-state index in [0.29, 0.717) is 0 Å². The zero-order valence-corrected chi connectivity index (χ0v) is 29.9. The molecule has 0 spiro atoms. The molecule has 0 amide bonds. The van der Waals surface area contributed by atoms with E-state index in [4.69, 9.17) is 4.42 Å². The van der Waals surface area contributed by atoms with Crippen LogP contribution in [-0.4, -0.2) is 6.71 Å². The van der Waals surface area contributed by atoms with Gasteiger partial charge in [-0.05, 0) is 107 Å². The molecular weight excluding hydrogens is 663 g/mol. The molecular formula is C48H33BN2OS. The van der Waals surface area contributed by atoms with E-state index in [9.17, 15) is 0 Å². The van der Waals surface area contributed by atoms with Gasteiger partial charge in [0.15, 0.2) is 5.58 Å². The minimum atomic E-state index is 0.0772. The van der Waals surface area contributed by atoms with E-state index >= 15 is 0 Å². The quantitative estimate of drug-likeness (QED) is 0.172. The van der Waals surface area contributed by atoms with Crippen molar-refractivity contribution in [2.75, 3.05) is 9.80 Å². The maximum Gasteiger partial charge on any atom is 0.264 e. The zero-order valence-electron chi connectivity index (χ0n) is 29.1. The number of aryl methyl sites for hydroxylation is 1. The molecule has 9 aromatic rings. The second kappa shape index (κ2) is 11.2. The molecule has 0 atom stereocenters. The summed E-state index contributed by atoms with van der Waals surface area (Å²) < 4.78 is 9.50. The molecule has 3 aliphatic rings. The molecule has 0 radical (unpaired) electrons. The van der Waals surface area contributed by atoms with Crippen LogP contribution in [0.3, 0.4) is 0 Å². The van der Waals surface area contributed by atoms with Gasteiger partial charge in [0.1, 0.15) is 5.58 Å². The number of hydrogen-bond donors (Lipinski definition) is 0. The van der Waals surface area contributed by atoms with Crippen LogP contribution in [0.5, 0.6) is 0 Å². The first kappa shape index (κ1) is 29.5. The summed E-state index contributed by atoms with van der Waals surface area (Å²) in [5.74, 6) is 0. The molecule has 0 fully saturated rings. The van der Waals surface area contributed by atoms with Crippen LogP contribution in [0.4, 0.5) is 34.1 Å². The molecule has 12 rings (SSSR count). The monoisotopic (exact) mass is 696 g/mol. The first-order valence-corrected chi connectivity index (χ1v) is 19.6. The summed E-state index contributed by atoms with van der Waals surface area (Å²) in [7, 11) is 0. The van der Waals surface area contributed by atoms with Crippen molar-refractivity contribution in [2.24, 2.45) is 0 Å². The molecule has 0 bridgehead atoms. The highest BCUT2D eigenvalue weighted by Crippen LogP contribution is 2.50. The summed E-state index contributed by atoms with van der Waals surface area (Å²) >= 11 is 1.94. The molecule has 2 aliphatic heterocycles. The summed E-state index contributed by atoms with van der Waals surface area (Å²) in [5.41, 5.74) is 17.3. The third-order valence-electron chi connectivity index (χ3n) is 11.8. The fourth-order valence-corrected chi connectivity index (χ4v) is 10.9. The molecule has 7 aromatic carbocycles. The number of thiophene rings is 1. The van der Waals surface area contributed by atoms with Gasteiger partial charge >= 0.3 is 0 Å². The van der Waals surface area contributed by atoms with E-state index in [1.54, 1.807) is 0 Å². The first-order chi connectivity index (χ1) is 26.3. The van der Waals surface area contributed by atoms with Crippen LogP contribution in [-0.2, 0) is 12.8 Å². The number of hydrogen-bond acceptors (Lipinski definition) is 4. The normalized spacial score (nSPS) is 14.4. The number of furan rings is 1. The average molecular weight is 697 g/mol. The Labute approximate surface area is 312 Å². The predicted octanol–water partition coefficient (Wildman–Crippen LogP) is 11.4. The lowest BCUT2D eigenvalue weighted by atomic mass is 9.36. The lowest BCUT2D eigenvalue weighted by Gasteiger charge is -2.43. The summed E-state index contributed by atoms with van der Waals surface area (Å²) in [6, 6.07) is 56.1. The molecule has 5 heteroatoms. The fourth-order valence-electron chi connectivity index (χ4n) is 9.60. The summed E-state index contributed by atoms with van der Waals surface area (Å²) in [5, 5.41) is 3.58. The van der Waals surface area contributed by atoms with Crippen molar-refractivity contribution in [3.05, 3.63) is 163 Å². The van der Waals surface area contributed by atoms with E-state index in [1.165, 1.54) is 89.3 Å². The van der Waals surface area contributed by atoms with Crippen LogP contribution in [0.2, 0.25) is 0 Å². The van der Waals surface area contributed by atoms with Crippen LogP contribution in [0.1, 0.15) is 24.0 Å². The van der Waals surface area contributed by atoms with Crippen LogP contribution < -0.4 is 25.5 Å².